The lowest BCUT2D eigenvalue weighted by Crippen LogP contribution is -2.35. The Labute approximate surface area is 190 Å². The minimum absolute atomic E-state index is 0.000300. The van der Waals surface area contributed by atoms with Crippen molar-refractivity contribution in [2.75, 3.05) is 5.75 Å². The third-order valence-corrected chi connectivity index (χ3v) is 8.42. The number of aryl methyl sites for hydroxylation is 3. The summed E-state index contributed by atoms with van der Waals surface area (Å²) < 4.78 is 1.70. The second kappa shape index (κ2) is 8.43. The molecule has 2 aromatic heterocycles. The van der Waals surface area contributed by atoms with Crippen molar-refractivity contribution in [1.82, 2.24) is 14.9 Å². The number of nitrogens with zero attached hydrogens (tertiary/aromatic N) is 2. The minimum atomic E-state index is -0.0116. The number of nitrogens with one attached hydrogen (secondary N) is 1. The van der Waals surface area contributed by atoms with Gasteiger partial charge >= 0.3 is 0 Å². The standard InChI is InChI=1S/C24H27N3O2S2/c1-14-7-11-17(12-8-14)27-23(29)21-18-5-3-4-6-19(18)31-22(21)26-24(27)30-13-20(28)25-15(2)16-9-10-16/h7-8,11-12,15-16H,3-6,9-10,13H2,1-2H3,(H,25,28). The highest BCUT2D eigenvalue weighted by atomic mass is 32.2. The first-order chi connectivity index (χ1) is 15.0. The van der Waals surface area contributed by atoms with Gasteiger partial charge in [-0.1, -0.05) is 29.5 Å². The van der Waals surface area contributed by atoms with Gasteiger partial charge in [0.1, 0.15) is 4.83 Å². The number of thioether (sulfide) groups is 1. The number of hydrogen-bond acceptors (Lipinski definition) is 5. The van der Waals surface area contributed by atoms with Crippen LogP contribution < -0.4 is 10.9 Å². The van der Waals surface area contributed by atoms with Gasteiger partial charge in [-0.15, -0.1) is 11.3 Å². The van der Waals surface area contributed by atoms with Crippen LogP contribution in [-0.4, -0.2) is 27.3 Å². The summed E-state index contributed by atoms with van der Waals surface area (Å²) in [6, 6.07) is 8.15. The summed E-state index contributed by atoms with van der Waals surface area (Å²) in [6.45, 7) is 4.10. The molecule has 5 rings (SSSR count). The summed E-state index contributed by atoms with van der Waals surface area (Å²) in [7, 11) is 0. The van der Waals surface area contributed by atoms with Crippen molar-refractivity contribution >= 4 is 39.2 Å². The Morgan fingerprint density at radius 2 is 2.00 bits per heavy atom. The molecule has 31 heavy (non-hydrogen) atoms. The van der Waals surface area contributed by atoms with Crippen LogP contribution in [0.4, 0.5) is 0 Å². The first kappa shape index (κ1) is 20.8. The highest BCUT2D eigenvalue weighted by Crippen LogP contribution is 2.35. The van der Waals surface area contributed by atoms with E-state index in [4.69, 9.17) is 4.98 Å². The lowest BCUT2D eigenvalue weighted by atomic mass is 9.97. The molecule has 1 unspecified atom stereocenters. The van der Waals surface area contributed by atoms with Crippen molar-refractivity contribution in [2.24, 2.45) is 5.92 Å². The lowest BCUT2D eigenvalue weighted by molar-refractivity contribution is -0.119. The topological polar surface area (TPSA) is 64.0 Å². The van der Waals surface area contributed by atoms with E-state index in [2.05, 4.69) is 12.2 Å². The van der Waals surface area contributed by atoms with Crippen LogP contribution in [-0.2, 0) is 17.6 Å². The van der Waals surface area contributed by atoms with Crippen LogP contribution in [0.2, 0.25) is 0 Å². The first-order valence-corrected chi connectivity index (χ1v) is 12.9. The summed E-state index contributed by atoms with van der Waals surface area (Å²) in [5.74, 6) is 0.873. The molecular formula is C24H27N3O2S2. The van der Waals surface area contributed by atoms with Gasteiger partial charge in [0, 0.05) is 10.9 Å². The predicted octanol–water partition coefficient (Wildman–Crippen LogP) is 4.64. The quantitative estimate of drug-likeness (QED) is 0.436. The Kier molecular flexibility index (Phi) is 5.65. The van der Waals surface area contributed by atoms with E-state index in [0.29, 0.717) is 11.1 Å². The molecule has 3 aromatic rings. The molecule has 2 heterocycles. The fourth-order valence-electron chi connectivity index (χ4n) is 4.34. The number of aromatic nitrogens is 2. The number of rotatable bonds is 6. The van der Waals surface area contributed by atoms with Crippen LogP contribution in [0.15, 0.2) is 34.2 Å². The molecule has 1 N–H and O–H groups in total. The second-order valence-electron chi connectivity index (χ2n) is 8.74. The van der Waals surface area contributed by atoms with Crippen molar-refractivity contribution in [2.45, 2.75) is 63.6 Å². The van der Waals surface area contributed by atoms with E-state index in [0.717, 1.165) is 40.7 Å². The molecule has 1 amide bonds. The fourth-order valence-corrected chi connectivity index (χ4v) is 6.47. The van der Waals surface area contributed by atoms with Gasteiger partial charge in [0.05, 0.1) is 16.8 Å². The smallest absolute Gasteiger partial charge is 0.267 e. The van der Waals surface area contributed by atoms with Crippen molar-refractivity contribution in [3.05, 3.63) is 50.6 Å². The summed E-state index contributed by atoms with van der Waals surface area (Å²) in [5, 5.41) is 4.46. The van der Waals surface area contributed by atoms with E-state index >= 15 is 0 Å². The molecule has 2 aliphatic carbocycles. The van der Waals surface area contributed by atoms with Crippen molar-refractivity contribution in [3.63, 3.8) is 0 Å². The molecule has 0 radical (unpaired) electrons. The third-order valence-electron chi connectivity index (χ3n) is 6.30. The van der Waals surface area contributed by atoms with Gasteiger partial charge in [0.25, 0.3) is 5.56 Å². The highest BCUT2D eigenvalue weighted by Gasteiger charge is 2.29. The minimum Gasteiger partial charge on any atom is -0.353 e. The second-order valence-corrected chi connectivity index (χ2v) is 10.8. The average molecular weight is 454 g/mol. The maximum atomic E-state index is 13.7. The zero-order chi connectivity index (χ0) is 21.5. The van der Waals surface area contributed by atoms with Crippen LogP contribution in [0.5, 0.6) is 0 Å². The Morgan fingerprint density at radius 3 is 2.74 bits per heavy atom. The van der Waals surface area contributed by atoms with Crippen LogP contribution >= 0.6 is 23.1 Å². The number of hydrogen-bond donors (Lipinski definition) is 1. The number of carbonyl (C=O) groups excluding carboxylic acids is 1. The molecule has 1 atom stereocenters. The molecule has 162 valence electrons. The SMILES string of the molecule is Cc1ccc(-n2c(SCC(=O)NC(C)C3CC3)nc3sc4c(c3c2=O)CCCC4)cc1. The molecule has 0 aliphatic heterocycles. The maximum Gasteiger partial charge on any atom is 0.267 e. The predicted molar refractivity (Wildman–Crippen MR) is 128 cm³/mol. The van der Waals surface area contributed by atoms with E-state index in [1.54, 1.807) is 15.9 Å². The highest BCUT2D eigenvalue weighted by molar-refractivity contribution is 7.99. The zero-order valence-corrected chi connectivity index (χ0v) is 19.6. The normalized spacial score (nSPS) is 16.8. The Hall–Kier alpha value is -2.12. The van der Waals surface area contributed by atoms with E-state index in [1.165, 1.54) is 41.5 Å². The summed E-state index contributed by atoms with van der Waals surface area (Å²) in [4.78, 5) is 33.2. The molecule has 1 aromatic carbocycles. The molecule has 0 spiro atoms. The number of thiophene rings is 1. The first-order valence-electron chi connectivity index (χ1n) is 11.1. The largest absolute Gasteiger partial charge is 0.353 e. The van der Waals surface area contributed by atoms with Crippen LogP contribution in [0.3, 0.4) is 0 Å². The Balaban J connectivity index is 1.53. The molecule has 7 heteroatoms. The van der Waals surface area contributed by atoms with Gasteiger partial charge in [0.2, 0.25) is 5.91 Å². The summed E-state index contributed by atoms with van der Waals surface area (Å²) in [5.41, 5.74) is 3.12. The van der Waals surface area contributed by atoms with Crippen LogP contribution in [0.25, 0.3) is 15.9 Å². The van der Waals surface area contributed by atoms with Gasteiger partial charge in [-0.05, 0) is 76.0 Å². The molecule has 5 nitrogen and oxygen atoms in total. The average Bonchev–Trinajstić information content (AvgIpc) is 3.54. The summed E-state index contributed by atoms with van der Waals surface area (Å²) in [6.07, 6.45) is 6.68. The molecule has 1 fully saturated rings. The summed E-state index contributed by atoms with van der Waals surface area (Å²) >= 11 is 3.00. The van der Waals surface area contributed by atoms with Crippen molar-refractivity contribution in [3.8, 4) is 5.69 Å². The molecule has 1 saturated carbocycles. The maximum absolute atomic E-state index is 13.7. The fraction of sp³-hybridized carbons (Fsp3) is 0.458. The number of carbonyl (C=O) groups is 1. The zero-order valence-electron chi connectivity index (χ0n) is 17.9. The van der Waals surface area contributed by atoms with E-state index < -0.39 is 0 Å². The van der Waals surface area contributed by atoms with Crippen molar-refractivity contribution < 1.29 is 4.79 Å². The Morgan fingerprint density at radius 1 is 1.26 bits per heavy atom. The van der Waals surface area contributed by atoms with E-state index in [1.807, 2.05) is 31.2 Å². The van der Waals surface area contributed by atoms with Crippen LogP contribution in [0.1, 0.15) is 48.6 Å². The number of amides is 1. The van der Waals surface area contributed by atoms with Crippen LogP contribution in [0, 0.1) is 12.8 Å². The Bertz CT molecular complexity index is 1190. The molecule has 0 saturated heterocycles. The third kappa shape index (κ3) is 4.17. The molecular weight excluding hydrogens is 426 g/mol. The van der Waals surface area contributed by atoms with Gasteiger partial charge in [-0.3, -0.25) is 14.2 Å². The monoisotopic (exact) mass is 453 g/mol. The van der Waals surface area contributed by atoms with E-state index in [9.17, 15) is 9.59 Å². The van der Waals surface area contributed by atoms with Gasteiger partial charge < -0.3 is 5.32 Å². The lowest BCUT2D eigenvalue weighted by Gasteiger charge is -2.15. The van der Waals surface area contributed by atoms with Gasteiger partial charge in [0.15, 0.2) is 5.16 Å². The number of fused-ring (bicyclic) bond motifs is 3. The molecule has 2 aliphatic rings. The number of benzene rings is 1. The van der Waals surface area contributed by atoms with E-state index in [-0.39, 0.29) is 23.3 Å². The molecule has 0 bridgehead atoms. The van der Waals surface area contributed by atoms with Gasteiger partial charge in [-0.2, -0.15) is 0 Å². The van der Waals surface area contributed by atoms with Crippen molar-refractivity contribution in [1.29, 1.82) is 0 Å². The van der Waals surface area contributed by atoms with Gasteiger partial charge in [-0.25, -0.2) is 4.98 Å².